The van der Waals surface area contributed by atoms with Crippen LogP contribution in [0.5, 0.6) is 5.88 Å². The number of hydrogen-bond acceptors (Lipinski definition) is 4. The zero-order valence-corrected chi connectivity index (χ0v) is 14.3. The van der Waals surface area contributed by atoms with Gasteiger partial charge in [0.2, 0.25) is 5.88 Å². The van der Waals surface area contributed by atoms with Gasteiger partial charge >= 0.3 is 0 Å². The SMILES string of the molecule is O=C(COc1ncnc2c(Cl)cc(Cl)cc12)NCc1ccc(F)cc1. The summed E-state index contributed by atoms with van der Waals surface area (Å²) in [5.74, 6) is -0.457. The minimum absolute atomic E-state index is 0.214. The molecule has 1 aromatic heterocycles. The van der Waals surface area contributed by atoms with Gasteiger partial charge in [-0.15, -0.1) is 0 Å². The van der Waals surface area contributed by atoms with Crippen LogP contribution in [0.2, 0.25) is 10.0 Å². The number of benzene rings is 2. The first-order valence-corrected chi connectivity index (χ1v) is 8.02. The lowest BCUT2D eigenvalue weighted by molar-refractivity contribution is -0.123. The van der Waals surface area contributed by atoms with Crippen molar-refractivity contribution >= 4 is 40.0 Å². The molecule has 0 spiro atoms. The van der Waals surface area contributed by atoms with Crippen LogP contribution in [0.1, 0.15) is 5.56 Å². The molecule has 3 rings (SSSR count). The lowest BCUT2D eigenvalue weighted by Gasteiger charge is -2.09. The summed E-state index contributed by atoms with van der Waals surface area (Å²) in [6.45, 7) is 0.0299. The molecule has 0 radical (unpaired) electrons. The molecule has 1 heterocycles. The molecule has 25 heavy (non-hydrogen) atoms. The highest BCUT2D eigenvalue weighted by Gasteiger charge is 2.11. The maximum absolute atomic E-state index is 12.8. The summed E-state index contributed by atoms with van der Waals surface area (Å²) in [6, 6.07) is 9.04. The van der Waals surface area contributed by atoms with Crippen molar-refractivity contribution in [3.05, 3.63) is 64.2 Å². The molecule has 0 saturated heterocycles. The van der Waals surface area contributed by atoms with Crippen molar-refractivity contribution < 1.29 is 13.9 Å². The van der Waals surface area contributed by atoms with Crippen molar-refractivity contribution in [1.82, 2.24) is 15.3 Å². The van der Waals surface area contributed by atoms with E-state index in [1.807, 2.05) is 0 Å². The summed E-state index contributed by atoms with van der Waals surface area (Å²) in [5.41, 5.74) is 1.27. The molecular formula is C17H12Cl2FN3O2. The molecule has 0 saturated carbocycles. The number of ether oxygens (including phenoxy) is 1. The molecule has 0 fully saturated rings. The van der Waals surface area contributed by atoms with Crippen molar-refractivity contribution in [2.45, 2.75) is 6.54 Å². The molecular weight excluding hydrogens is 368 g/mol. The van der Waals surface area contributed by atoms with E-state index in [0.29, 0.717) is 20.9 Å². The van der Waals surface area contributed by atoms with Gasteiger partial charge in [-0.25, -0.2) is 14.4 Å². The fourth-order valence-electron chi connectivity index (χ4n) is 2.17. The third kappa shape index (κ3) is 4.35. The lowest BCUT2D eigenvalue weighted by Crippen LogP contribution is -2.28. The number of fused-ring (bicyclic) bond motifs is 1. The molecule has 8 heteroatoms. The van der Waals surface area contributed by atoms with E-state index in [0.717, 1.165) is 5.56 Å². The highest BCUT2D eigenvalue weighted by atomic mass is 35.5. The minimum Gasteiger partial charge on any atom is -0.467 e. The Morgan fingerprint density at radius 2 is 1.92 bits per heavy atom. The maximum atomic E-state index is 12.8. The van der Waals surface area contributed by atoms with Crippen LogP contribution in [0, 0.1) is 5.82 Å². The molecule has 128 valence electrons. The van der Waals surface area contributed by atoms with Crippen molar-refractivity contribution in [3.63, 3.8) is 0 Å². The minimum atomic E-state index is -0.343. The van der Waals surface area contributed by atoms with Crippen LogP contribution in [-0.2, 0) is 11.3 Å². The number of aromatic nitrogens is 2. The summed E-state index contributed by atoms with van der Waals surface area (Å²) in [6.07, 6.45) is 1.30. The molecule has 1 amide bonds. The number of rotatable bonds is 5. The van der Waals surface area contributed by atoms with Crippen LogP contribution in [0.25, 0.3) is 10.9 Å². The summed E-state index contributed by atoms with van der Waals surface area (Å²) in [7, 11) is 0. The number of carbonyl (C=O) groups excluding carboxylic acids is 1. The standard InChI is InChI=1S/C17H12Cl2FN3O2/c18-11-5-13-16(14(19)6-11)22-9-23-17(13)25-8-15(24)21-7-10-1-3-12(20)4-2-10/h1-6,9H,7-8H2,(H,21,24). The topological polar surface area (TPSA) is 64.1 Å². The first-order valence-electron chi connectivity index (χ1n) is 7.26. The van der Waals surface area contributed by atoms with E-state index in [9.17, 15) is 9.18 Å². The van der Waals surface area contributed by atoms with Crippen LogP contribution < -0.4 is 10.1 Å². The van der Waals surface area contributed by atoms with E-state index in [-0.39, 0.29) is 30.8 Å². The van der Waals surface area contributed by atoms with Crippen LogP contribution >= 0.6 is 23.2 Å². The van der Waals surface area contributed by atoms with Gasteiger partial charge < -0.3 is 10.1 Å². The fourth-order valence-corrected chi connectivity index (χ4v) is 2.71. The molecule has 1 N–H and O–H groups in total. The van der Waals surface area contributed by atoms with Gasteiger partial charge in [-0.1, -0.05) is 35.3 Å². The van der Waals surface area contributed by atoms with Gasteiger partial charge in [0.05, 0.1) is 15.9 Å². The van der Waals surface area contributed by atoms with Crippen molar-refractivity contribution in [3.8, 4) is 5.88 Å². The van der Waals surface area contributed by atoms with E-state index < -0.39 is 0 Å². The number of amides is 1. The number of carbonyl (C=O) groups is 1. The summed E-state index contributed by atoms with van der Waals surface area (Å²) in [5, 5.41) is 3.98. The predicted molar refractivity (Wildman–Crippen MR) is 93.3 cm³/mol. The van der Waals surface area contributed by atoms with Gasteiger partial charge in [-0.2, -0.15) is 0 Å². The average molecular weight is 380 g/mol. The Bertz CT molecular complexity index is 920. The first-order chi connectivity index (χ1) is 12.0. The summed E-state index contributed by atoms with van der Waals surface area (Å²) < 4.78 is 18.3. The van der Waals surface area contributed by atoms with E-state index >= 15 is 0 Å². The quantitative estimate of drug-likeness (QED) is 0.732. The molecule has 0 aliphatic carbocycles. The normalized spacial score (nSPS) is 10.7. The largest absolute Gasteiger partial charge is 0.467 e. The third-order valence-corrected chi connectivity index (χ3v) is 3.87. The Balaban J connectivity index is 1.64. The monoisotopic (exact) mass is 379 g/mol. The average Bonchev–Trinajstić information content (AvgIpc) is 2.59. The Kier molecular flexibility index (Phi) is 5.31. The second-order valence-electron chi connectivity index (χ2n) is 5.15. The fraction of sp³-hybridized carbons (Fsp3) is 0.118. The van der Waals surface area contributed by atoms with E-state index in [2.05, 4.69) is 15.3 Å². The highest BCUT2D eigenvalue weighted by molar-refractivity contribution is 6.38. The van der Waals surface area contributed by atoms with Gasteiger partial charge in [0.15, 0.2) is 6.61 Å². The molecule has 0 unspecified atom stereocenters. The molecule has 3 aromatic rings. The van der Waals surface area contributed by atoms with Crippen molar-refractivity contribution in [2.24, 2.45) is 0 Å². The number of halogens is 3. The molecule has 5 nitrogen and oxygen atoms in total. The van der Waals surface area contributed by atoms with Crippen LogP contribution in [-0.4, -0.2) is 22.5 Å². The zero-order chi connectivity index (χ0) is 17.8. The molecule has 2 aromatic carbocycles. The second-order valence-corrected chi connectivity index (χ2v) is 6.00. The maximum Gasteiger partial charge on any atom is 0.258 e. The third-order valence-electron chi connectivity index (χ3n) is 3.36. The van der Waals surface area contributed by atoms with Gasteiger partial charge in [0.25, 0.3) is 5.91 Å². The van der Waals surface area contributed by atoms with Crippen molar-refractivity contribution in [1.29, 1.82) is 0 Å². The summed E-state index contributed by atoms with van der Waals surface area (Å²) >= 11 is 12.1. The van der Waals surface area contributed by atoms with E-state index in [1.54, 1.807) is 24.3 Å². The van der Waals surface area contributed by atoms with Gasteiger partial charge in [0.1, 0.15) is 12.1 Å². The Morgan fingerprint density at radius 1 is 1.16 bits per heavy atom. The van der Waals surface area contributed by atoms with E-state index in [1.165, 1.54) is 18.5 Å². The number of hydrogen-bond donors (Lipinski definition) is 1. The number of nitrogens with zero attached hydrogens (tertiary/aromatic N) is 2. The highest BCUT2D eigenvalue weighted by Crippen LogP contribution is 2.30. The Labute approximate surface area is 152 Å². The Morgan fingerprint density at radius 3 is 2.68 bits per heavy atom. The van der Waals surface area contributed by atoms with E-state index in [4.69, 9.17) is 27.9 Å². The van der Waals surface area contributed by atoms with Crippen molar-refractivity contribution in [2.75, 3.05) is 6.61 Å². The molecule has 0 aliphatic heterocycles. The lowest BCUT2D eigenvalue weighted by atomic mass is 10.2. The molecule has 0 aliphatic rings. The van der Waals surface area contributed by atoms with Crippen LogP contribution in [0.4, 0.5) is 4.39 Å². The first kappa shape index (κ1) is 17.4. The second kappa shape index (κ2) is 7.63. The Hall–Kier alpha value is -2.44. The molecule has 0 atom stereocenters. The van der Waals surface area contributed by atoms with Gasteiger partial charge in [-0.3, -0.25) is 4.79 Å². The zero-order valence-electron chi connectivity index (χ0n) is 12.8. The van der Waals surface area contributed by atoms with Gasteiger partial charge in [0, 0.05) is 11.6 Å². The number of nitrogens with one attached hydrogen (secondary N) is 1. The van der Waals surface area contributed by atoms with Gasteiger partial charge in [-0.05, 0) is 29.8 Å². The molecule has 0 bridgehead atoms. The summed E-state index contributed by atoms with van der Waals surface area (Å²) in [4.78, 5) is 20.0. The van der Waals surface area contributed by atoms with Crippen LogP contribution in [0.15, 0.2) is 42.7 Å². The van der Waals surface area contributed by atoms with Crippen LogP contribution in [0.3, 0.4) is 0 Å². The predicted octanol–water partition coefficient (Wildman–Crippen LogP) is 3.77. The smallest absolute Gasteiger partial charge is 0.258 e.